The predicted octanol–water partition coefficient (Wildman–Crippen LogP) is 4.13. The Morgan fingerprint density at radius 3 is 2.43 bits per heavy atom. The predicted molar refractivity (Wildman–Crippen MR) is 104 cm³/mol. The van der Waals surface area contributed by atoms with E-state index in [2.05, 4.69) is 0 Å². The molecule has 2 aromatic carbocycles. The zero-order valence-corrected chi connectivity index (χ0v) is 16.1. The molecule has 4 rings (SSSR count). The van der Waals surface area contributed by atoms with Gasteiger partial charge in [0.15, 0.2) is 17.3 Å². The third-order valence-corrected chi connectivity index (χ3v) is 5.07. The molecule has 0 fully saturated rings. The number of rotatable bonds is 3. The highest BCUT2D eigenvalue weighted by molar-refractivity contribution is 6.07. The van der Waals surface area contributed by atoms with Crippen molar-refractivity contribution in [3.8, 4) is 17.2 Å². The van der Waals surface area contributed by atoms with Crippen molar-refractivity contribution in [2.24, 2.45) is 0 Å². The summed E-state index contributed by atoms with van der Waals surface area (Å²) in [5, 5.41) is 0.652. The van der Waals surface area contributed by atoms with E-state index in [1.807, 2.05) is 26.0 Å². The van der Waals surface area contributed by atoms with Crippen molar-refractivity contribution in [3.05, 3.63) is 63.0 Å². The standard InChI is InChI=1S/C22H20O6/c1-11-7-18-21(12(2)8-19(24)27-18)22-20(11)14(23)10-16(28-22)13-5-6-15(25-3)17(9-13)26-4/h5-9,16H,10H2,1-4H3. The van der Waals surface area contributed by atoms with Gasteiger partial charge in [-0.2, -0.15) is 0 Å². The maximum Gasteiger partial charge on any atom is 0.336 e. The van der Waals surface area contributed by atoms with E-state index in [0.717, 1.165) is 11.1 Å². The number of benzene rings is 2. The number of hydrogen-bond donors (Lipinski definition) is 0. The Kier molecular flexibility index (Phi) is 4.34. The molecule has 6 nitrogen and oxygen atoms in total. The molecule has 1 aliphatic rings. The quantitative estimate of drug-likeness (QED) is 0.636. The maximum atomic E-state index is 13.0. The molecule has 1 aromatic heterocycles. The van der Waals surface area contributed by atoms with Crippen LogP contribution in [0.25, 0.3) is 11.0 Å². The lowest BCUT2D eigenvalue weighted by Crippen LogP contribution is -2.22. The molecule has 2 heterocycles. The number of carbonyl (C=O) groups is 1. The lowest BCUT2D eigenvalue weighted by atomic mass is 9.91. The first-order valence-corrected chi connectivity index (χ1v) is 8.92. The number of aryl methyl sites for hydroxylation is 2. The first-order valence-electron chi connectivity index (χ1n) is 8.92. The summed E-state index contributed by atoms with van der Waals surface area (Å²) in [6.45, 7) is 3.63. The molecule has 28 heavy (non-hydrogen) atoms. The number of ketones is 1. The summed E-state index contributed by atoms with van der Waals surface area (Å²) in [6, 6.07) is 8.59. The van der Waals surface area contributed by atoms with Crippen LogP contribution in [0.5, 0.6) is 17.2 Å². The monoisotopic (exact) mass is 380 g/mol. The number of hydrogen-bond acceptors (Lipinski definition) is 6. The molecular weight excluding hydrogens is 360 g/mol. The van der Waals surface area contributed by atoms with Crippen molar-refractivity contribution < 1.29 is 23.4 Å². The fourth-order valence-electron chi connectivity index (χ4n) is 3.76. The molecule has 0 spiro atoms. The van der Waals surface area contributed by atoms with Gasteiger partial charge >= 0.3 is 5.63 Å². The summed E-state index contributed by atoms with van der Waals surface area (Å²) in [7, 11) is 3.13. The molecule has 0 saturated carbocycles. The van der Waals surface area contributed by atoms with Crippen molar-refractivity contribution in [1.29, 1.82) is 0 Å². The van der Waals surface area contributed by atoms with Gasteiger partial charge in [0.05, 0.1) is 31.6 Å². The Bertz CT molecular complexity index is 1160. The third-order valence-electron chi connectivity index (χ3n) is 5.07. The van der Waals surface area contributed by atoms with Crippen molar-refractivity contribution >= 4 is 16.8 Å². The molecule has 0 saturated heterocycles. The Labute approximate surface area is 161 Å². The van der Waals surface area contributed by atoms with Crippen molar-refractivity contribution in [1.82, 2.24) is 0 Å². The van der Waals surface area contributed by atoms with Gasteiger partial charge < -0.3 is 18.6 Å². The highest BCUT2D eigenvalue weighted by atomic mass is 16.5. The van der Waals surface area contributed by atoms with Gasteiger partial charge in [0.25, 0.3) is 0 Å². The average Bonchev–Trinajstić information content (AvgIpc) is 2.66. The Morgan fingerprint density at radius 1 is 0.964 bits per heavy atom. The van der Waals surface area contributed by atoms with Gasteiger partial charge in [-0.3, -0.25) is 4.79 Å². The second kappa shape index (κ2) is 6.71. The number of carbonyl (C=O) groups excluding carboxylic acids is 1. The summed E-state index contributed by atoms with van der Waals surface area (Å²) < 4.78 is 22.3. The van der Waals surface area contributed by atoms with Crippen LogP contribution in [0.15, 0.2) is 39.5 Å². The van der Waals surface area contributed by atoms with Crippen LogP contribution in [0.4, 0.5) is 0 Å². The van der Waals surface area contributed by atoms with Gasteiger partial charge in [-0.25, -0.2) is 4.79 Å². The second-order valence-corrected chi connectivity index (χ2v) is 6.87. The first kappa shape index (κ1) is 18.1. The zero-order chi connectivity index (χ0) is 20.0. The fraction of sp³-hybridized carbons (Fsp3) is 0.273. The van der Waals surface area contributed by atoms with Crippen LogP contribution < -0.4 is 19.8 Å². The van der Waals surface area contributed by atoms with Crippen molar-refractivity contribution in [3.63, 3.8) is 0 Å². The van der Waals surface area contributed by atoms with E-state index >= 15 is 0 Å². The molecule has 1 unspecified atom stereocenters. The number of fused-ring (bicyclic) bond motifs is 3. The third kappa shape index (κ3) is 2.81. The van der Waals surface area contributed by atoms with E-state index in [0.29, 0.717) is 39.3 Å². The highest BCUT2D eigenvalue weighted by Gasteiger charge is 2.32. The molecule has 1 aliphatic heterocycles. The minimum atomic E-state index is -0.476. The maximum absolute atomic E-state index is 13.0. The molecule has 0 bridgehead atoms. The Hall–Kier alpha value is -3.28. The summed E-state index contributed by atoms with van der Waals surface area (Å²) >= 11 is 0. The number of Topliss-reactive ketones (excluding diaryl/α,β-unsaturated/α-hetero) is 1. The molecule has 6 heteroatoms. The van der Waals surface area contributed by atoms with Crippen molar-refractivity contribution in [2.75, 3.05) is 14.2 Å². The number of methoxy groups -OCH3 is 2. The van der Waals surface area contributed by atoms with Gasteiger partial charge in [-0.15, -0.1) is 0 Å². The molecule has 1 atom stereocenters. The summed E-state index contributed by atoms with van der Waals surface area (Å²) in [5.74, 6) is 1.63. The lowest BCUT2D eigenvalue weighted by molar-refractivity contribution is 0.0852. The van der Waals surface area contributed by atoms with Gasteiger partial charge in [0.2, 0.25) is 0 Å². The highest BCUT2D eigenvalue weighted by Crippen LogP contribution is 2.43. The van der Waals surface area contributed by atoms with Crippen LogP contribution in [-0.2, 0) is 0 Å². The molecule has 0 radical (unpaired) electrons. The minimum Gasteiger partial charge on any atom is -0.493 e. The average molecular weight is 380 g/mol. The van der Waals surface area contributed by atoms with E-state index in [9.17, 15) is 9.59 Å². The first-order chi connectivity index (χ1) is 13.4. The molecule has 144 valence electrons. The van der Waals surface area contributed by atoms with E-state index in [4.69, 9.17) is 18.6 Å². The second-order valence-electron chi connectivity index (χ2n) is 6.87. The van der Waals surface area contributed by atoms with Crippen LogP contribution in [0.1, 0.15) is 39.6 Å². The van der Waals surface area contributed by atoms with E-state index in [1.54, 1.807) is 26.4 Å². The SMILES string of the molecule is COc1ccc(C2CC(=O)c3c(C)cc4oc(=O)cc(C)c4c3O2)cc1OC. The van der Waals surface area contributed by atoms with Crippen LogP contribution >= 0.6 is 0 Å². The Balaban J connectivity index is 1.88. The van der Waals surface area contributed by atoms with Crippen molar-refractivity contribution in [2.45, 2.75) is 26.4 Å². The summed E-state index contributed by atoms with van der Waals surface area (Å²) in [6.07, 6.45) is -0.263. The lowest BCUT2D eigenvalue weighted by Gasteiger charge is -2.28. The fourth-order valence-corrected chi connectivity index (χ4v) is 3.76. The largest absolute Gasteiger partial charge is 0.493 e. The minimum absolute atomic E-state index is 0.00830. The van der Waals surface area contributed by atoms with E-state index in [-0.39, 0.29) is 12.2 Å². The molecule has 3 aromatic rings. The molecular formula is C22H20O6. The molecule has 0 N–H and O–H groups in total. The van der Waals surface area contributed by atoms with Crippen LogP contribution in [0, 0.1) is 13.8 Å². The molecule has 0 aliphatic carbocycles. The van der Waals surface area contributed by atoms with E-state index in [1.165, 1.54) is 6.07 Å². The zero-order valence-electron chi connectivity index (χ0n) is 16.1. The molecule has 0 amide bonds. The topological polar surface area (TPSA) is 75.0 Å². The van der Waals surface area contributed by atoms with Gasteiger partial charge in [0.1, 0.15) is 17.4 Å². The van der Waals surface area contributed by atoms with Crippen LogP contribution in [0.2, 0.25) is 0 Å². The normalized spacial score (nSPS) is 15.9. The summed E-state index contributed by atoms with van der Waals surface area (Å²) in [4.78, 5) is 24.7. The van der Waals surface area contributed by atoms with Gasteiger partial charge in [-0.1, -0.05) is 6.07 Å². The van der Waals surface area contributed by atoms with Crippen LogP contribution in [0.3, 0.4) is 0 Å². The van der Waals surface area contributed by atoms with E-state index < -0.39 is 11.7 Å². The van der Waals surface area contributed by atoms with Gasteiger partial charge in [-0.05, 0) is 48.7 Å². The van der Waals surface area contributed by atoms with Gasteiger partial charge in [0, 0.05) is 6.07 Å². The number of ether oxygens (including phenoxy) is 3. The smallest absolute Gasteiger partial charge is 0.336 e. The Morgan fingerprint density at radius 2 is 1.71 bits per heavy atom. The van der Waals surface area contributed by atoms with Crippen LogP contribution in [-0.4, -0.2) is 20.0 Å². The summed E-state index contributed by atoms with van der Waals surface area (Å²) in [5.41, 5.74) is 2.78.